The Hall–Kier alpha value is -5.48. The van der Waals surface area contributed by atoms with Crippen LogP contribution in [-0.2, 0) is 24.1 Å². The number of carbonyl (C=O) groups excluding carboxylic acids is 2. The van der Waals surface area contributed by atoms with E-state index in [1.807, 2.05) is 6.07 Å². The highest BCUT2D eigenvalue weighted by atomic mass is 32.2. The molecular weight excluding hydrogens is 669 g/mol. The van der Waals surface area contributed by atoms with Crippen molar-refractivity contribution in [3.05, 3.63) is 192 Å². The van der Waals surface area contributed by atoms with Crippen LogP contribution in [0.4, 0.5) is 0 Å². The van der Waals surface area contributed by atoms with Gasteiger partial charge in [-0.1, -0.05) is 146 Å². The smallest absolute Gasteiger partial charge is 0.293 e. The fraction of sp³-hybridized carbons (Fsp3) is 0.0732. The first kappa shape index (κ1) is 34.4. The molecule has 0 spiro atoms. The standard InChI is InChI=1S/C41H32O7S2/c42-39(33-15-7-2-8-16-33)38(32-13-5-1-6-14-32)29-49(44,45)36-25-21-30(22-26-36)31-23-27-37(28-24-31)50(46,47)48-41(35-19-11-4-12-20-35)40(43)34-17-9-3-10-18-34/h1-28,38,41H,29H2. The summed E-state index contributed by atoms with van der Waals surface area (Å²) < 4.78 is 59.7. The van der Waals surface area contributed by atoms with Crippen LogP contribution in [0.15, 0.2) is 180 Å². The predicted octanol–water partition coefficient (Wildman–Crippen LogP) is 8.12. The molecule has 2 unspecified atom stereocenters. The molecule has 50 heavy (non-hydrogen) atoms. The zero-order valence-electron chi connectivity index (χ0n) is 26.7. The second-order valence-electron chi connectivity index (χ2n) is 11.6. The molecule has 0 aliphatic heterocycles. The van der Waals surface area contributed by atoms with E-state index in [1.165, 1.54) is 24.3 Å². The van der Waals surface area contributed by atoms with E-state index in [9.17, 15) is 26.4 Å². The molecule has 0 fully saturated rings. The molecule has 6 aromatic rings. The number of hydrogen-bond acceptors (Lipinski definition) is 7. The average molecular weight is 701 g/mol. The Morgan fingerprint density at radius 1 is 0.460 bits per heavy atom. The van der Waals surface area contributed by atoms with Crippen LogP contribution in [0.5, 0.6) is 0 Å². The van der Waals surface area contributed by atoms with Crippen LogP contribution < -0.4 is 0 Å². The third-order valence-corrected chi connectivity index (χ3v) is 11.3. The molecule has 0 heterocycles. The highest BCUT2D eigenvalue weighted by Gasteiger charge is 2.31. The summed E-state index contributed by atoms with van der Waals surface area (Å²) in [6.45, 7) is 0. The maximum atomic E-state index is 13.6. The Kier molecular flexibility index (Phi) is 10.3. The highest BCUT2D eigenvalue weighted by Crippen LogP contribution is 2.31. The van der Waals surface area contributed by atoms with Crippen LogP contribution in [0.25, 0.3) is 11.1 Å². The molecule has 0 aliphatic rings. The van der Waals surface area contributed by atoms with Crippen LogP contribution in [0.2, 0.25) is 0 Å². The molecule has 0 radical (unpaired) electrons. The summed E-state index contributed by atoms with van der Waals surface area (Å²) in [6.07, 6.45) is -1.39. The lowest BCUT2D eigenvalue weighted by Crippen LogP contribution is -2.22. The van der Waals surface area contributed by atoms with Crippen molar-refractivity contribution in [3.8, 4) is 11.1 Å². The normalized spacial score (nSPS) is 12.9. The van der Waals surface area contributed by atoms with Gasteiger partial charge in [-0.2, -0.15) is 8.42 Å². The minimum Gasteiger partial charge on any atom is -0.293 e. The van der Waals surface area contributed by atoms with Gasteiger partial charge in [0.2, 0.25) is 0 Å². The van der Waals surface area contributed by atoms with E-state index in [2.05, 4.69) is 0 Å². The van der Waals surface area contributed by atoms with Gasteiger partial charge >= 0.3 is 0 Å². The lowest BCUT2D eigenvalue weighted by molar-refractivity contribution is 0.0801. The SMILES string of the molecule is O=C(c1ccccc1)C(CS(=O)(=O)c1ccc(-c2ccc(S(=O)(=O)OC(C(=O)c3ccccc3)c3ccccc3)cc2)cc1)c1ccccc1. The molecule has 0 saturated heterocycles. The van der Waals surface area contributed by atoms with Crippen molar-refractivity contribution >= 4 is 31.5 Å². The lowest BCUT2D eigenvalue weighted by atomic mass is 9.92. The molecule has 0 saturated carbocycles. The molecule has 2 atom stereocenters. The van der Waals surface area contributed by atoms with Gasteiger partial charge in [-0.25, -0.2) is 12.6 Å². The number of hydrogen-bond donors (Lipinski definition) is 0. The third kappa shape index (κ3) is 7.87. The molecule has 9 heteroatoms. The first-order chi connectivity index (χ1) is 24.1. The van der Waals surface area contributed by atoms with Gasteiger partial charge in [-0.05, 0) is 46.5 Å². The first-order valence-corrected chi connectivity index (χ1v) is 18.8. The molecule has 0 aliphatic carbocycles. The predicted molar refractivity (Wildman–Crippen MR) is 192 cm³/mol. The Balaban J connectivity index is 1.21. The van der Waals surface area contributed by atoms with Gasteiger partial charge in [0.05, 0.1) is 21.5 Å². The van der Waals surface area contributed by atoms with Crippen LogP contribution in [-0.4, -0.2) is 34.2 Å². The van der Waals surface area contributed by atoms with Crippen molar-refractivity contribution in [1.82, 2.24) is 0 Å². The monoisotopic (exact) mass is 700 g/mol. The van der Waals surface area contributed by atoms with Crippen LogP contribution >= 0.6 is 0 Å². The van der Waals surface area contributed by atoms with Crippen LogP contribution in [0.1, 0.15) is 43.9 Å². The van der Waals surface area contributed by atoms with Gasteiger partial charge < -0.3 is 0 Å². The summed E-state index contributed by atoms with van der Waals surface area (Å²) in [7, 11) is -8.27. The van der Waals surface area contributed by atoms with Gasteiger partial charge in [-0.3, -0.25) is 9.59 Å². The summed E-state index contributed by atoms with van der Waals surface area (Å²) in [6, 6.07) is 46.4. The van der Waals surface area contributed by atoms with Crippen LogP contribution in [0.3, 0.4) is 0 Å². The Morgan fingerprint density at radius 2 is 0.860 bits per heavy atom. The third-order valence-electron chi connectivity index (χ3n) is 8.27. The van der Waals surface area contributed by atoms with Gasteiger partial charge in [0, 0.05) is 11.1 Å². The largest absolute Gasteiger partial charge is 0.298 e. The highest BCUT2D eigenvalue weighted by molar-refractivity contribution is 7.91. The number of benzene rings is 6. The van der Waals surface area contributed by atoms with Crippen molar-refractivity contribution < 1.29 is 30.6 Å². The summed E-state index contributed by atoms with van der Waals surface area (Å²) >= 11 is 0. The zero-order chi connectivity index (χ0) is 35.1. The maximum absolute atomic E-state index is 13.6. The second kappa shape index (κ2) is 15.0. The Morgan fingerprint density at radius 3 is 1.34 bits per heavy atom. The van der Waals surface area contributed by atoms with E-state index in [0.717, 1.165) is 0 Å². The van der Waals surface area contributed by atoms with E-state index in [0.29, 0.717) is 33.4 Å². The number of carbonyl (C=O) groups is 2. The summed E-state index contributed by atoms with van der Waals surface area (Å²) in [5.74, 6) is -2.08. The van der Waals surface area contributed by atoms with Crippen molar-refractivity contribution in [1.29, 1.82) is 0 Å². The molecule has 0 bridgehead atoms. The van der Waals surface area contributed by atoms with E-state index >= 15 is 0 Å². The molecule has 0 amide bonds. The molecule has 6 rings (SSSR count). The molecule has 6 aromatic carbocycles. The minimum absolute atomic E-state index is 0.0608. The van der Waals surface area contributed by atoms with Crippen molar-refractivity contribution in [2.45, 2.75) is 21.8 Å². The topological polar surface area (TPSA) is 112 Å². The van der Waals surface area contributed by atoms with Gasteiger partial charge in [0.15, 0.2) is 27.5 Å². The number of rotatable bonds is 13. The van der Waals surface area contributed by atoms with Gasteiger partial charge in [-0.15, -0.1) is 0 Å². The van der Waals surface area contributed by atoms with Gasteiger partial charge in [0.1, 0.15) is 0 Å². The summed E-state index contributed by atoms with van der Waals surface area (Å²) in [5.41, 5.74) is 3.04. The molecule has 7 nitrogen and oxygen atoms in total. The first-order valence-electron chi connectivity index (χ1n) is 15.8. The number of sulfone groups is 1. The minimum atomic E-state index is -4.38. The molecule has 0 N–H and O–H groups in total. The van der Waals surface area contributed by atoms with E-state index < -0.39 is 43.5 Å². The van der Waals surface area contributed by atoms with Crippen molar-refractivity contribution in [2.75, 3.05) is 5.75 Å². The Labute approximate surface area is 291 Å². The number of Topliss-reactive ketones (excluding diaryl/α,β-unsaturated/α-hetero) is 2. The maximum Gasteiger partial charge on any atom is 0.298 e. The lowest BCUT2D eigenvalue weighted by Gasteiger charge is -2.17. The van der Waals surface area contributed by atoms with Crippen LogP contribution in [0, 0.1) is 0 Å². The van der Waals surface area contributed by atoms with E-state index in [4.69, 9.17) is 4.18 Å². The quantitative estimate of drug-likeness (QED) is 0.0884. The fourth-order valence-corrected chi connectivity index (χ4v) is 8.17. The second-order valence-corrected chi connectivity index (χ2v) is 15.2. The summed E-state index contributed by atoms with van der Waals surface area (Å²) in [5, 5.41) is 0. The zero-order valence-corrected chi connectivity index (χ0v) is 28.3. The Bertz CT molecular complexity index is 2120. The van der Waals surface area contributed by atoms with E-state index in [-0.39, 0.29) is 15.6 Å². The number of ketones is 2. The van der Waals surface area contributed by atoms with Crippen molar-refractivity contribution in [2.24, 2.45) is 0 Å². The van der Waals surface area contributed by atoms with Crippen molar-refractivity contribution in [3.63, 3.8) is 0 Å². The van der Waals surface area contributed by atoms with Gasteiger partial charge in [0.25, 0.3) is 10.1 Å². The van der Waals surface area contributed by atoms with E-state index in [1.54, 1.807) is 140 Å². The molecular formula is C41H32O7S2. The molecule has 250 valence electrons. The fourth-order valence-electron chi connectivity index (χ4n) is 5.61. The molecule has 0 aromatic heterocycles. The summed E-state index contributed by atoms with van der Waals surface area (Å²) in [4.78, 5) is 26.8. The average Bonchev–Trinajstić information content (AvgIpc) is 3.17.